The van der Waals surface area contributed by atoms with E-state index >= 15 is 0 Å². The largest absolute Gasteiger partial charge is 0.296 e. The van der Waals surface area contributed by atoms with Crippen molar-refractivity contribution in [1.29, 1.82) is 0 Å². The molecule has 3 aromatic rings. The van der Waals surface area contributed by atoms with Crippen LogP contribution in [0.4, 0.5) is 5.13 Å². The zero-order chi connectivity index (χ0) is 18.5. The van der Waals surface area contributed by atoms with Gasteiger partial charge in [0, 0.05) is 28.8 Å². The summed E-state index contributed by atoms with van der Waals surface area (Å²) in [5.74, 6) is 1.06. The predicted molar refractivity (Wildman–Crippen MR) is 109 cm³/mol. The van der Waals surface area contributed by atoms with Gasteiger partial charge in [-0.2, -0.15) is 0 Å². The van der Waals surface area contributed by atoms with Gasteiger partial charge in [-0.3, -0.25) is 10.1 Å². The van der Waals surface area contributed by atoms with Gasteiger partial charge in [0.05, 0.1) is 0 Å². The van der Waals surface area contributed by atoms with Gasteiger partial charge in [-0.1, -0.05) is 55.1 Å². The van der Waals surface area contributed by atoms with E-state index in [2.05, 4.69) is 34.3 Å². The van der Waals surface area contributed by atoms with E-state index in [1.54, 1.807) is 23.1 Å². The second-order valence-corrected chi connectivity index (χ2v) is 9.40. The molecule has 0 aliphatic heterocycles. The van der Waals surface area contributed by atoms with Crippen molar-refractivity contribution >= 4 is 45.5 Å². The van der Waals surface area contributed by atoms with Crippen LogP contribution in [0.5, 0.6) is 0 Å². The first-order valence-corrected chi connectivity index (χ1v) is 11.0. The SMILES string of the molecule is Cc1csc(SCc2ccccc2C(=O)Nc2nnc(CC(C)C)s2)n1. The molecule has 0 unspecified atom stereocenters. The number of hydrogen-bond acceptors (Lipinski definition) is 7. The summed E-state index contributed by atoms with van der Waals surface area (Å²) in [7, 11) is 0. The van der Waals surface area contributed by atoms with Gasteiger partial charge in [0.15, 0.2) is 0 Å². The van der Waals surface area contributed by atoms with Gasteiger partial charge < -0.3 is 0 Å². The van der Waals surface area contributed by atoms with Gasteiger partial charge in [-0.25, -0.2) is 4.98 Å². The number of carbonyl (C=O) groups is 1. The Labute approximate surface area is 165 Å². The average molecular weight is 405 g/mol. The van der Waals surface area contributed by atoms with Crippen molar-refractivity contribution in [2.24, 2.45) is 5.92 Å². The maximum Gasteiger partial charge on any atom is 0.257 e. The Balaban J connectivity index is 1.68. The molecular weight excluding hydrogens is 384 g/mol. The third-order valence-corrected chi connectivity index (χ3v) is 6.53. The highest BCUT2D eigenvalue weighted by molar-refractivity contribution is 8.00. The number of carbonyl (C=O) groups excluding carboxylic acids is 1. The van der Waals surface area contributed by atoms with Crippen molar-refractivity contribution in [1.82, 2.24) is 15.2 Å². The number of thioether (sulfide) groups is 1. The number of rotatable bonds is 7. The van der Waals surface area contributed by atoms with Crippen LogP contribution in [0.25, 0.3) is 0 Å². The Morgan fingerprint density at radius 3 is 2.81 bits per heavy atom. The summed E-state index contributed by atoms with van der Waals surface area (Å²) in [6.45, 7) is 6.26. The molecule has 1 amide bonds. The number of thiazole rings is 1. The zero-order valence-corrected chi connectivity index (χ0v) is 17.3. The van der Waals surface area contributed by atoms with E-state index in [4.69, 9.17) is 0 Å². The highest BCUT2D eigenvalue weighted by atomic mass is 32.2. The van der Waals surface area contributed by atoms with Crippen LogP contribution in [0.3, 0.4) is 0 Å². The van der Waals surface area contributed by atoms with Crippen molar-refractivity contribution in [3.63, 3.8) is 0 Å². The van der Waals surface area contributed by atoms with Crippen LogP contribution >= 0.6 is 34.4 Å². The number of anilines is 1. The molecule has 1 aromatic carbocycles. The van der Waals surface area contributed by atoms with E-state index in [-0.39, 0.29) is 5.91 Å². The second-order valence-electron chi connectivity index (χ2n) is 6.25. The number of nitrogens with one attached hydrogen (secondary N) is 1. The molecule has 2 aromatic heterocycles. The molecule has 1 N–H and O–H groups in total. The fourth-order valence-electron chi connectivity index (χ4n) is 2.31. The molecule has 0 spiro atoms. The molecule has 136 valence electrons. The molecule has 5 nitrogen and oxygen atoms in total. The maximum atomic E-state index is 12.7. The second kappa shape index (κ2) is 8.75. The molecule has 0 bridgehead atoms. The third kappa shape index (κ3) is 5.12. The van der Waals surface area contributed by atoms with Gasteiger partial charge in [0.2, 0.25) is 5.13 Å². The van der Waals surface area contributed by atoms with Crippen LogP contribution in [-0.2, 0) is 12.2 Å². The number of aromatic nitrogens is 3. The van der Waals surface area contributed by atoms with Crippen LogP contribution in [0.1, 0.15) is 40.5 Å². The first kappa shape index (κ1) is 19.0. The van der Waals surface area contributed by atoms with Gasteiger partial charge >= 0.3 is 0 Å². The number of benzene rings is 1. The number of amides is 1. The van der Waals surface area contributed by atoms with Crippen molar-refractivity contribution in [3.8, 4) is 0 Å². The number of nitrogens with zero attached hydrogens (tertiary/aromatic N) is 3. The molecule has 0 atom stereocenters. The fraction of sp³-hybridized carbons (Fsp3) is 0.333. The molecule has 2 heterocycles. The lowest BCUT2D eigenvalue weighted by Crippen LogP contribution is -2.13. The lowest BCUT2D eigenvalue weighted by Gasteiger charge is -2.07. The maximum absolute atomic E-state index is 12.7. The smallest absolute Gasteiger partial charge is 0.257 e. The summed E-state index contributed by atoms with van der Waals surface area (Å²) < 4.78 is 1.01. The summed E-state index contributed by atoms with van der Waals surface area (Å²) in [5, 5.41) is 14.6. The molecule has 3 rings (SSSR count). The molecule has 0 radical (unpaired) electrons. The van der Waals surface area contributed by atoms with Crippen molar-refractivity contribution in [2.75, 3.05) is 5.32 Å². The van der Waals surface area contributed by atoms with E-state index < -0.39 is 0 Å². The first-order valence-electron chi connectivity index (χ1n) is 8.28. The highest BCUT2D eigenvalue weighted by Crippen LogP contribution is 2.28. The van der Waals surface area contributed by atoms with Crippen molar-refractivity contribution in [2.45, 2.75) is 37.3 Å². The van der Waals surface area contributed by atoms with E-state index in [0.717, 1.165) is 27.0 Å². The van der Waals surface area contributed by atoms with Gasteiger partial charge in [-0.05, 0) is 24.5 Å². The monoisotopic (exact) mass is 404 g/mol. The lowest BCUT2D eigenvalue weighted by molar-refractivity contribution is 0.102. The topological polar surface area (TPSA) is 67.8 Å². The molecule has 0 saturated heterocycles. The lowest BCUT2D eigenvalue weighted by atomic mass is 10.1. The molecule has 26 heavy (non-hydrogen) atoms. The predicted octanol–water partition coefficient (Wildman–Crippen LogP) is 5.05. The minimum absolute atomic E-state index is 0.149. The van der Waals surface area contributed by atoms with E-state index in [9.17, 15) is 4.79 Å². The van der Waals surface area contributed by atoms with Crippen LogP contribution in [0.2, 0.25) is 0 Å². The van der Waals surface area contributed by atoms with Crippen LogP contribution in [0.15, 0.2) is 34.0 Å². The van der Waals surface area contributed by atoms with Crippen molar-refractivity contribution in [3.05, 3.63) is 51.5 Å². The third-order valence-electron chi connectivity index (χ3n) is 3.48. The number of aryl methyl sites for hydroxylation is 1. The average Bonchev–Trinajstić information content (AvgIpc) is 3.21. The Hall–Kier alpha value is -1.77. The quantitative estimate of drug-likeness (QED) is 0.558. The van der Waals surface area contributed by atoms with Gasteiger partial charge in [-0.15, -0.1) is 21.5 Å². The Bertz CT molecular complexity index is 888. The summed E-state index contributed by atoms with van der Waals surface area (Å²) in [5.41, 5.74) is 2.67. The van der Waals surface area contributed by atoms with E-state index in [0.29, 0.717) is 22.4 Å². The van der Waals surface area contributed by atoms with E-state index in [1.165, 1.54) is 11.3 Å². The molecule has 8 heteroatoms. The summed E-state index contributed by atoms with van der Waals surface area (Å²) >= 11 is 4.71. The standard InChI is InChI=1S/C18H20N4OS3/c1-11(2)8-15-21-22-17(26-15)20-16(23)14-7-5-4-6-13(14)10-25-18-19-12(3)9-24-18/h4-7,9,11H,8,10H2,1-3H3,(H,20,22,23). The van der Waals surface area contributed by atoms with Crippen LogP contribution < -0.4 is 5.32 Å². The molecular formula is C18H20N4OS3. The Morgan fingerprint density at radius 1 is 1.27 bits per heavy atom. The molecule has 0 aliphatic carbocycles. The minimum atomic E-state index is -0.149. The summed E-state index contributed by atoms with van der Waals surface area (Å²) in [4.78, 5) is 17.1. The van der Waals surface area contributed by atoms with Gasteiger partial charge in [0.1, 0.15) is 9.35 Å². The Kier molecular flexibility index (Phi) is 6.39. The summed E-state index contributed by atoms with van der Waals surface area (Å²) in [6, 6.07) is 7.65. The molecule has 0 saturated carbocycles. The van der Waals surface area contributed by atoms with Crippen LogP contribution in [-0.4, -0.2) is 21.1 Å². The minimum Gasteiger partial charge on any atom is -0.296 e. The normalized spacial score (nSPS) is 11.1. The fourth-order valence-corrected chi connectivity index (χ4v) is 5.11. The molecule has 0 fully saturated rings. The zero-order valence-electron chi connectivity index (χ0n) is 14.9. The van der Waals surface area contributed by atoms with E-state index in [1.807, 2.05) is 36.6 Å². The number of hydrogen-bond donors (Lipinski definition) is 1. The van der Waals surface area contributed by atoms with Crippen LogP contribution in [0, 0.1) is 12.8 Å². The molecule has 0 aliphatic rings. The Morgan fingerprint density at radius 2 is 2.08 bits per heavy atom. The van der Waals surface area contributed by atoms with Crippen molar-refractivity contribution < 1.29 is 4.79 Å². The van der Waals surface area contributed by atoms with Gasteiger partial charge in [0.25, 0.3) is 5.91 Å². The summed E-state index contributed by atoms with van der Waals surface area (Å²) in [6.07, 6.45) is 0.869. The first-order chi connectivity index (χ1) is 12.5. The highest BCUT2D eigenvalue weighted by Gasteiger charge is 2.15.